The van der Waals surface area contributed by atoms with Crippen LogP contribution in [-0.2, 0) is 19.1 Å². The average Bonchev–Trinajstić information content (AvgIpc) is 2.63. The lowest BCUT2D eigenvalue weighted by molar-refractivity contribution is -0.139. The lowest BCUT2D eigenvalue weighted by Crippen LogP contribution is -2.31. The fraction of sp³-hybridized carbons (Fsp3) is 0.318. The van der Waals surface area contributed by atoms with Crippen LogP contribution in [0.25, 0.3) is 6.08 Å². The molecule has 1 aliphatic heterocycles. The Morgan fingerprint density at radius 3 is 2.14 bits per heavy atom. The molecule has 1 heterocycles. The van der Waals surface area contributed by atoms with E-state index in [9.17, 15) is 24.6 Å². The number of allylic oxidation sites excluding steroid dienone is 2. The molecule has 2 rings (SSSR count). The van der Waals surface area contributed by atoms with Crippen LogP contribution in [0.4, 0.5) is 0 Å². The predicted molar refractivity (Wildman–Crippen MR) is 108 cm³/mol. The number of rotatable bonds is 7. The van der Waals surface area contributed by atoms with Crippen LogP contribution in [0.3, 0.4) is 0 Å². The molecule has 0 radical (unpaired) electrons. The van der Waals surface area contributed by atoms with Crippen molar-refractivity contribution in [3.63, 3.8) is 0 Å². The van der Waals surface area contributed by atoms with Crippen LogP contribution in [0.15, 0.2) is 52.9 Å². The van der Waals surface area contributed by atoms with Crippen molar-refractivity contribution in [2.75, 3.05) is 6.61 Å². The summed E-state index contributed by atoms with van der Waals surface area (Å²) in [5.41, 5.74) is 1.68. The van der Waals surface area contributed by atoms with Crippen molar-refractivity contribution in [1.29, 1.82) is 0 Å². The first-order valence-electron chi connectivity index (χ1n) is 9.22. The number of carbonyl (C=O) groups excluding carboxylic acids is 1. The van der Waals surface area contributed by atoms with Crippen LogP contribution in [0, 0.1) is 5.92 Å². The van der Waals surface area contributed by atoms with E-state index in [0.717, 1.165) is 0 Å². The Hall–Kier alpha value is -3.35. The summed E-state index contributed by atoms with van der Waals surface area (Å²) >= 11 is 0. The topological polar surface area (TPSA) is 113 Å². The van der Waals surface area contributed by atoms with Gasteiger partial charge in [-0.3, -0.25) is 0 Å². The van der Waals surface area contributed by atoms with Crippen molar-refractivity contribution in [2.45, 2.75) is 33.6 Å². The minimum absolute atomic E-state index is 0.0452. The molecule has 7 nitrogen and oxygen atoms in total. The molecule has 0 spiro atoms. The van der Waals surface area contributed by atoms with Crippen LogP contribution >= 0.6 is 0 Å². The number of dihydropyridines is 1. The Kier molecular flexibility index (Phi) is 6.98. The zero-order valence-corrected chi connectivity index (χ0v) is 16.9. The highest BCUT2D eigenvalue weighted by atomic mass is 16.5. The molecule has 154 valence electrons. The zero-order valence-electron chi connectivity index (χ0n) is 16.9. The summed E-state index contributed by atoms with van der Waals surface area (Å²) in [6.45, 7) is 7.33. The Bertz CT molecular complexity index is 887. The molecule has 0 atom stereocenters. The molecule has 0 aliphatic carbocycles. The van der Waals surface area contributed by atoms with E-state index in [2.05, 4.69) is 5.32 Å². The molecule has 1 aromatic rings. The number of carboxylic acid groups (broad SMARTS) is 2. The maximum Gasteiger partial charge on any atom is 0.334 e. The summed E-state index contributed by atoms with van der Waals surface area (Å²) < 4.78 is 5.12. The first kappa shape index (κ1) is 21.9. The molecule has 0 unspecified atom stereocenters. The van der Waals surface area contributed by atoms with E-state index >= 15 is 0 Å². The van der Waals surface area contributed by atoms with Crippen LogP contribution in [0.2, 0.25) is 0 Å². The molecule has 0 aromatic heterocycles. The third-order valence-electron chi connectivity index (χ3n) is 4.49. The van der Waals surface area contributed by atoms with Crippen LogP contribution in [0.5, 0.6) is 0 Å². The van der Waals surface area contributed by atoms with E-state index < -0.39 is 23.8 Å². The molecule has 0 saturated carbocycles. The third kappa shape index (κ3) is 5.13. The Morgan fingerprint density at radius 2 is 1.62 bits per heavy atom. The van der Waals surface area contributed by atoms with Crippen molar-refractivity contribution >= 4 is 24.0 Å². The molecule has 29 heavy (non-hydrogen) atoms. The zero-order chi connectivity index (χ0) is 21.7. The smallest absolute Gasteiger partial charge is 0.334 e. The number of carbonyl (C=O) groups is 3. The Morgan fingerprint density at radius 1 is 1.07 bits per heavy atom. The van der Waals surface area contributed by atoms with Crippen molar-refractivity contribution in [2.24, 2.45) is 5.92 Å². The fourth-order valence-electron chi connectivity index (χ4n) is 3.25. The summed E-state index contributed by atoms with van der Waals surface area (Å²) in [6, 6.07) is 6.81. The van der Waals surface area contributed by atoms with Gasteiger partial charge in [0, 0.05) is 17.5 Å². The monoisotopic (exact) mass is 399 g/mol. The lowest BCUT2D eigenvalue weighted by atomic mass is 9.78. The summed E-state index contributed by atoms with van der Waals surface area (Å²) in [4.78, 5) is 35.8. The second-order valence-electron chi connectivity index (χ2n) is 7.23. The maximum atomic E-state index is 11.9. The van der Waals surface area contributed by atoms with Crippen molar-refractivity contribution in [1.82, 2.24) is 5.32 Å². The van der Waals surface area contributed by atoms with Gasteiger partial charge in [-0.05, 0) is 37.0 Å². The molecular formula is C22H25NO6. The van der Waals surface area contributed by atoms with Gasteiger partial charge < -0.3 is 20.3 Å². The van der Waals surface area contributed by atoms with Crippen LogP contribution < -0.4 is 5.32 Å². The minimum atomic E-state index is -1.21. The van der Waals surface area contributed by atoms with Gasteiger partial charge in [-0.15, -0.1) is 0 Å². The number of ether oxygens (including phenoxy) is 1. The van der Waals surface area contributed by atoms with E-state index in [4.69, 9.17) is 4.74 Å². The quantitative estimate of drug-likeness (QED) is 0.476. The van der Waals surface area contributed by atoms with Gasteiger partial charge >= 0.3 is 17.9 Å². The number of esters is 1. The number of hydrogen-bond acceptors (Lipinski definition) is 5. The summed E-state index contributed by atoms with van der Waals surface area (Å²) in [6.07, 6.45) is 2.78. The van der Waals surface area contributed by atoms with Gasteiger partial charge in [0.25, 0.3) is 0 Å². The van der Waals surface area contributed by atoms with Crippen LogP contribution in [0.1, 0.15) is 44.7 Å². The first-order chi connectivity index (χ1) is 13.6. The number of carboxylic acids is 2. The van der Waals surface area contributed by atoms with Gasteiger partial charge in [-0.2, -0.15) is 0 Å². The first-order valence-corrected chi connectivity index (χ1v) is 9.22. The Balaban J connectivity index is 2.53. The van der Waals surface area contributed by atoms with Crippen LogP contribution in [-0.4, -0.2) is 34.7 Å². The second-order valence-corrected chi connectivity index (χ2v) is 7.23. The van der Waals surface area contributed by atoms with Crippen molar-refractivity contribution < 1.29 is 29.3 Å². The summed E-state index contributed by atoms with van der Waals surface area (Å²) in [7, 11) is 0. The number of hydrogen-bond donors (Lipinski definition) is 3. The van der Waals surface area contributed by atoms with Gasteiger partial charge in [-0.25, -0.2) is 14.4 Å². The molecular weight excluding hydrogens is 374 g/mol. The molecule has 1 aliphatic rings. The largest absolute Gasteiger partial charge is 0.478 e. The van der Waals surface area contributed by atoms with E-state index in [1.807, 2.05) is 13.8 Å². The van der Waals surface area contributed by atoms with Gasteiger partial charge in [0.05, 0.1) is 23.7 Å². The standard InChI is InChI=1S/C22H25NO6/c1-12(2)11-29-17(24)10-9-15-7-5-6-8-16(15)20-18(21(25)26)13(3)23-14(4)19(20)22(27)28/h5-10,12,20,23H,11H2,1-4H3,(H,25,26)(H,27,28). The highest BCUT2D eigenvalue weighted by Gasteiger charge is 2.37. The van der Waals surface area contributed by atoms with Gasteiger partial charge in [0.2, 0.25) is 0 Å². The maximum absolute atomic E-state index is 11.9. The van der Waals surface area contributed by atoms with E-state index in [-0.39, 0.29) is 23.7 Å². The molecule has 3 N–H and O–H groups in total. The highest BCUT2D eigenvalue weighted by molar-refractivity contribution is 5.99. The number of benzene rings is 1. The third-order valence-corrected chi connectivity index (χ3v) is 4.49. The van der Waals surface area contributed by atoms with Gasteiger partial charge in [-0.1, -0.05) is 38.1 Å². The van der Waals surface area contributed by atoms with Crippen molar-refractivity contribution in [3.05, 3.63) is 64.0 Å². The predicted octanol–water partition coefficient (Wildman–Crippen LogP) is 3.30. The Labute approximate surface area is 169 Å². The van der Waals surface area contributed by atoms with Gasteiger partial charge in [0.1, 0.15) is 0 Å². The van der Waals surface area contributed by atoms with E-state index in [1.54, 1.807) is 38.1 Å². The fourth-order valence-corrected chi connectivity index (χ4v) is 3.25. The molecule has 1 aromatic carbocycles. The molecule has 7 heteroatoms. The van der Waals surface area contributed by atoms with Gasteiger partial charge in [0.15, 0.2) is 0 Å². The average molecular weight is 399 g/mol. The normalized spacial score (nSPS) is 15.1. The number of aliphatic carboxylic acids is 2. The van der Waals surface area contributed by atoms with Crippen molar-refractivity contribution in [3.8, 4) is 0 Å². The van der Waals surface area contributed by atoms with E-state index in [0.29, 0.717) is 22.5 Å². The SMILES string of the molecule is CC1=C(C(=O)O)C(c2ccccc2C=CC(=O)OCC(C)C)C(C(=O)O)=C(C)N1. The molecule has 0 bridgehead atoms. The lowest BCUT2D eigenvalue weighted by Gasteiger charge is -2.29. The second kappa shape index (κ2) is 9.23. The van der Waals surface area contributed by atoms with E-state index in [1.165, 1.54) is 12.2 Å². The molecule has 0 saturated heterocycles. The summed E-state index contributed by atoms with van der Waals surface area (Å²) in [5, 5.41) is 22.3. The summed E-state index contributed by atoms with van der Waals surface area (Å²) in [5.74, 6) is -3.72. The highest BCUT2D eigenvalue weighted by Crippen LogP contribution is 2.39. The number of nitrogens with one attached hydrogen (secondary N) is 1. The molecule has 0 fully saturated rings. The minimum Gasteiger partial charge on any atom is -0.478 e. The molecule has 0 amide bonds.